The van der Waals surface area contributed by atoms with Crippen LogP contribution < -0.4 is 0 Å². The number of hydrogen-bond donors (Lipinski definition) is 2. The highest BCUT2D eigenvalue weighted by Gasteiger charge is 2.23. The second-order valence-corrected chi connectivity index (χ2v) is 4.06. The maximum absolute atomic E-state index is 10.6. The molecule has 2 rings (SSSR count). The first-order valence-electron chi connectivity index (χ1n) is 5.21. The Bertz CT molecular complexity index is 377. The molecule has 0 spiro atoms. The van der Waals surface area contributed by atoms with Crippen LogP contribution in [0.2, 0.25) is 0 Å². The number of carboxylic acids is 1. The average Bonchev–Trinajstić information content (AvgIpc) is 2.87. The summed E-state index contributed by atoms with van der Waals surface area (Å²) < 4.78 is 4.92. The number of nitrogens with zero attached hydrogens (tertiary/aromatic N) is 2. The standard InChI is InChI=1S/C10H14N2O4/c13-6-7-1-2-12(4-7)5-8-3-9(10(14)15)11-16-8/h3,7,13H,1-2,4-6H2,(H,14,15). The monoisotopic (exact) mass is 226 g/mol. The average molecular weight is 226 g/mol. The van der Waals surface area contributed by atoms with E-state index >= 15 is 0 Å². The number of rotatable bonds is 4. The van der Waals surface area contributed by atoms with Crippen LogP contribution in [-0.4, -0.2) is 45.9 Å². The van der Waals surface area contributed by atoms with Crippen molar-refractivity contribution in [1.29, 1.82) is 0 Å². The van der Waals surface area contributed by atoms with Gasteiger partial charge in [0.2, 0.25) is 0 Å². The van der Waals surface area contributed by atoms with Crippen molar-refractivity contribution in [1.82, 2.24) is 10.1 Å². The van der Waals surface area contributed by atoms with Crippen molar-refractivity contribution in [3.8, 4) is 0 Å². The topological polar surface area (TPSA) is 86.8 Å². The van der Waals surface area contributed by atoms with E-state index in [1.807, 2.05) is 0 Å². The van der Waals surface area contributed by atoms with Crippen LogP contribution >= 0.6 is 0 Å². The van der Waals surface area contributed by atoms with Gasteiger partial charge in [0.15, 0.2) is 11.5 Å². The van der Waals surface area contributed by atoms with Crippen molar-refractivity contribution in [3.63, 3.8) is 0 Å². The predicted molar refractivity (Wildman–Crippen MR) is 53.9 cm³/mol. The minimum absolute atomic E-state index is 0.0621. The zero-order valence-electron chi connectivity index (χ0n) is 8.80. The van der Waals surface area contributed by atoms with Crippen LogP contribution in [0.15, 0.2) is 10.6 Å². The molecule has 1 unspecified atom stereocenters. The molecule has 1 aromatic heterocycles. The van der Waals surface area contributed by atoms with Crippen LogP contribution in [0.3, 0.4) is 0 Å². The normalized spacial score (nSPS) is 21.4. The molecule has 1 saturated heterocycles. The molecule has 6 nitrogen and oxygen atoms in total. The predicted octanol–water partition coefficient (Wildman–Crippen LogP) is 0.187. The van der Waals surface area contributed by atoms with E-state index in [1.165, 1.54) is 6.07 Å². The molecule has 0 saturated carbocycles. The number of carboxylic acid groups (broad SMARTS) is 1. The van der Waals surface area contributed by atoms with Gasteiger partial charge in [-0.1, -0.05) is 5.16 Å². The van der Waals surface area contributed by atoms with Gasteiger partial charge in [0.25, 0.3) is 0 Å². The van der Waals surface area contributed by atoms with Gasteiger partial charge < -0.3 is 14.7 Å². The van der Waals surface area contributed by atoms with E-state index in [0.29, 0.717) is 18.2 Å². The van der Waals surface area contributed by atoms with Crippen molar-refractivity contribution in [2.45, 2.75) is 13.0 Å². The Labute approximate surface area is 92.5 Å². The van der Waals surface area contributed by atoms with E-state index in [1.54, 1.807) is 0 Å². The molecule has 2 heterocycles. The summed E-state index contributed by atoms with van der Waals surface area (Å²) in [5, 5.41) is 21.1. The summed E-state index contributed by atoms with van der Waals surface area (Å²) in [7, 11) is 0. The lowest BCUT2D eigenvalue weighted by molar-refractivity contribution is 0.0685. The van der Waals surface area contributed by atoms with Crippen molar-refractivity contribution in [2.24, 2.45) is 5.92 Å². The summed E-state index contributed by atoms with van der Waals surface area (Å²) in [4.78, 5) is 12.7. The first kappa shape index (κ1) is 11.1. The summed E-state index contributed by atoms with van der Waals surface area (Å²) >= 11 is 0. The molecular weight excluding hydrogens is 212 g/mol. The molecule has 0 bridgehead atoms. The Balaban J connectivity index is 1.92. The third-order valence-electron chi connectivity index (χ3n) is 2.79. The first-order valence-corrected chi connectivity index (χ1v) is 5.21. The number of aromatic carboxylic acids is 1. The zero-order chi connectivity index (χ0) is 11.5. The van der Waals surface area contributed by atoms with Crippen LogP contribution in [0.5, 0.6) is 0 Å². The Morgan fingerprint density at radius 1 is 1.69 bits per heavy atom. The summed E-state index contributed by atoms with van der Waals surface area (Å²) in [6.07, 6.45) is 0.969. The smallest absolute Gasteiger partial charge is 0.358 e. The molecule has 6 heteroatoms. The fourth-order valence-corrected chi connectivity index (χ4v) is 1.91. The minimum atomic E-state index is -1.08. The molecule has 1 fully saturated rings. The molecule has 88 valence electrons. The number of carbonyl (C=O) groups is 1. The van der Waals surface area contributed by atoms with Gasteiger partial charge in [-0.05, 0) is 18.9 Å². The second kappa shape index (κ2) is 4.63. The van der Waals surface area contributed by atoms with Crippen LogP contribution in [0, 0.1) is 5.92 Å². The van der Waals surface area contributed by atoms with Gasteiger partial charge in [-0.25, -0.2) is 4.79 Å². The molecule has 16 heavy (non-hydrogen) atoms. The van der Waals surface area contributed by atoms with Gasteiger partial charge >= 0.3 is 5.97 Å². The molecule has 0 aliphatic carbocycles. The van der Waals surface area contributed by atoms with Crippen LogP contribution in [-0.2, 0) is 6.54 Å². The number of hydrogen-bond acceptors (Lipinski definition) is 5. The van der Waals surface area contributed by atoms with Gasteiger partial charge in [0.05, 0.1) is 6.54 Å². The van der Waals surface area contributed by atoms with Crippen molar-refractivity contribution in [3.05, 3.63) is 17.5 Å². The zero-order valence-corrected chi connectivity index (χ0v) is 8.80. The van der Waals surface area contributed by atoms with Crippen molar-refractivity contribution in [2.75, 3.05) is 19.7 Å². The van der Waals surface area contributed by atoms with Crippen LogP contribution in [0.25, 0.3) is 0 Å². The van der Waals surface area contributed by atoms with Gasteiger partial charge in [-0.15, -0.1) is 0 Å². The van der Waals surface area contributed by atoms with Gasteiger partial charge in [0, 0.05) is 19.2 Å². The van der Waals surface area contributed by atoms with Gasteiger partial charge in [0.1, 0.15) is 0 Å². The third kappa shape index (κ3) is 2.40. The van der Waals surface area contributed by atoms with E-state index in [-0.39, 0.29) is 12.3 Å². The summed E-state index contributed by atoms with van der Waals surface area (Å²) in [5.74, 6) is -0.206. The number of aliphatic hydroxyl groups is 1. The molecule has 0 radical (unpaired) electrons. The van der Waals surface area contributed by atoms with E-state index in [4.69, 9.17) is 14.7 Å². The molecule has 1 aliphatic heterocycles. The Morgan fingerprint density at radius 2 is 2.50 bits per heavy atom. The minimum Gasteiger partial charge on any atom is -0.476 e. The summed E-state index contributed by atoms with van der Waals surface area (Å²) in [6, 6.07) is 1.44. The maximum Gasteiger partial charge on any atom is 0.358 e. The molecule has 0 amide bonds. The maximum atomic E-state index is 10.6. The number of aromatic nitrogens is 1. The lowest BCUT2D eigenvalue weighted by Crippen LogP contribution is -2.20. The number of likely N-dealkylation sites (tertiary alicyclic amines) is 1. The van der Waals surface area contributed by atoms with E-state index in [0.717, 1.165) is 19.5 Å². The molecule has 1 aliphatic rings. The SMILES string of the molecule is O=C(O)c1cc(CN2CCC(CO)C2)on1. The largest absolute Gasteiger partial charge is 0.476 e. The van der Waals surface area contributed by atoms with Crippen LogP contribution in [0.1, 0.15) is 22.7 Å². The quantitative estimate of drug-likeness (QED) is 0.762. The summed E-state index contributed by atoms with van der Waals surface area (Å²) in [5.41, 5.74) is -0.0621. The van der Waals surface area contributed by atoms with E-state index in [2.05, 4.69) is 10.1 Å². The Morgan fingerprint density at radius 3 is 3.06 bits per heavy atom. The Kier molecular flexibility index (Phi) is 3.21. The lowest BCUT2D eigenvalue weighted by Gasteiger charge is -2.12. The first-order chi connectivity index (χ1) is 7.69. The van der Waals surface area contributed by atoms with E-state index < -0.39 is 5.97 Å². The van der Waals surface area contributed by atoms with Crippen molar-refractivity contribution >= 4 is 5.97 Å². The molecule has 1 aromatic rings. The van der Waals surface area contributed by atoms with Crippen molar-refractivity contribution < 1.29 is 19.5 Å². The molecular formula is C10H14N2O4. The van der Waals surface area contributed by atoms with Crippen LogP contribution in [0.4, 0.5) is 0 Å². The lowest BCUT2D eigenvalue weighted by atomic mass is 10.1. The molecule has 0 aromatic carbocycles. The Hall–Kier alpha value is -1.40. The van der Waals surface area contributed by atoms with E-state index in [9.17, 15) is 4.79 Å². The number of aliphatic hydroxyl groups excluding tert-OH is 1. The fourth-order valence-electron chi connectivity index (χ4n) is 1.91. The van der Waals surface area contributed by atoms with Gasteiger partial charge in [-0.2, -0.15) is 0 Å². The summed E-state index contributed by atoms with van der Waals surface area (Å²) in [6.45, 7) is 2.47. The molecule has 2 N–H and O–H groups in total. The molecule has 1 atom stereocenters. The highest BCUT2D eigenvalue weighted by atomic mass is 16.5. The highest BCUT2D eigenvalue weighted by Crippen LogP contribution is 2.18. The third-order valence-corrected chi connectivity index (χ3v) is 2.79. The van der Waals surface area contributed by atoms with Gasteiger partial charge in [-0.3, -0.25) is 4.90 Å². The fraction of sp³-hybridized carbons (Fsp3) is 0.600. The second-order valence-electron chi connectivity index (χ2n) is 4.06. The highest BCUT2D eigenvalue weighted by molar-refractivity contribution is 5.85.